The van der Waals surface area contributed by atoms with Crippen molar-refractivity contribution < 1.29 is 14.3 Å². The third-order valence-corrected chi connectivity index (χ3v) is 6.28. The molecule has 0 bridgehead atoms. The molecule has 5 nitrogen and oxygen atoms in total. The second-order valence-electron chi connectivity index (χ2n) is 8.14. The Labute approximate surface area is 175 Å². The first kappa shape index (κ1) is 20.0. The van der Waals surface area contributed by atoms with Gasteiger partial charge in [-0.3, -0.25) is 9.59 Å². The summed E-state index contributed by atoms with van der Waals surface area (Å²) in [6.07, 6.45) is 2.99. The van der Waals surface area contributed by atoms with Crippen LogP contribution in [0, 0.1) is 26.7 Å². The van der Waals surface area contributed by atoms with E-state index in [0.717, 1.165) is 23.1 Å². The number of amides is 1. The van der Waals surface area contributed by atoms with Crippen molar-refractivity contribution in [3.05, 3.63) is 63.4 Å². The summed E-state index contributed by atoms with van der Waals surface area (Å²) in [6, 6.07) is 7.58. The maximum atomic E-state index is 13.3. The van der Waals surface area contributed by atoms with E-state index in [1.54, 1.807) is 12.1 Å². The number of epoxide rings is 1. The molecule has 1 saturated heterocycles. The first-order valence-electron chi connectivity index (χ1n) is 10.0. The molecule has 4 atom stereocenters. The molecule has 2 fully saturated rings. The highest BCUT2D eigenvalue weighted by atomic mass is 35.5. The number of nitrogens with one attached hydrogen (secondary N) is 1. The Hall–Kier alpha value is -2.24. The van der Waals surface area contributed by atoms with Crippen LogP contribution in [-0.4, -0.2) is 35.4 Å². The lowest BCUT2D eigenvalue weighted by molar-refractivity contribution is -0.125. The van der Waals surface area contributed by atoms with Gasteiger partial charge in [0.2, 0.25) is 0 Å². The highest BCUT2D eigenvalue weighted by molar-refractivity contribution is 6.33. The van der Waals surface area contributed by atoms with E-state index in [1.165, 1.54) is 11.8 Å². The predicted octanol–water partition coefficient (Wildman–Crippen LogP) is 3.92. The van der Waals surface area contributed by atoms with Crippen LogP contribution in [0.25, 0.3) is 0 Å². The fraction of sp³-hybridized carbons (Fsp3) is 0.435. The third-order valence-electron chi connectivity index (χ3n) is 5.98. The molecule has 1 aliphatic carbocycles. The largest absolute Gasteiger partial charge is 0.368 e. The Bertz CT molecular complexity index is 951. The minimum atomic E-state index is -0.318. The number of nitrogens with zero attached hydrogens (tertiary/aromatic N) is 1. The number of carbonyl (C=O) groups excluding carboxylic acids is 2. The Morgan fingerprint density at radius 2 is 2.00 bits per heavy atom. The molecule has 2 aliphatic rings. The zero-order valence-corrected chi connectivity index (χ0v) is 17.6. The fourth-order valence-electron chi connectivity index (χ4n) is 4.70. The maximum Gasteiger partial charge on any atom is 0.271 e. The summed E-state index contributed by atoms with van der Waals surface area (Å²) in [5, 5.41) is 3.16. The van der Waals surface area contributed by atoms with Crippen LogP contribution in [0.1, 0.15) is 51.5 Å². The molecule has 1 aliphatic heterocycles. The van der Waals surface area contributed by atoms with Gasteiger partial charge in [0.25, 0.3) is 5.91 Å². The number of hydrogen-bond acceptors (Lipinski definition) is 4. The molecule has 2 aromatic rings. The highest BCUT2D eigenvalue weighted by Gasteiger charge is 2.55. The lowest BCUT2D eigenvalue weighted by atomic mass is 9.73. The van der Waals surface area contributed by atoms with Gasteiger partial charge < -0.3 is 10.1 Å². The number of aromatic nitrogens is 1. The van der Waals surface area contributed by atoms with Crippen LogP contribution < -0.4 is 5.32 Å². The van der Waals surface area contributed by atoms with Crippen molar-refractivity contribution in [2.45, 2.75) is 51.7 Å². The first-order valence-corrected chi connectivity index (χ1v) is 10.4. The first-order chi connectivity index (χ1) is 13.9. The standard InChI is InChI=1S/C23H25ClN2O3/c1-12-9-13(2)18(14(3)10-12)19-21(27)15(11-17-22(19)29-17)6-8-26-23(28)20-16(24)5-4-7-25-20/h4-5,7,9-10,15,17,19,22H,6,8,11H2,1-3H3,(H,26,28). The monoisotopic (exact) mass is 412 g/mol. The minimum Gasteiger partial charge on any atom is -0.368 e. The molecule has 0 radical (unpaired) electrons. The predicted molar refractivity (Wildman–Crippen MR) is 111 cm³/mol. The average molecular weight is 413 g/mol. The van der Waals surface area contributed by atoms with Crippen molar-refractivity contribution in [2.75, 3.05) is 6.54 Å². The Morgan fingerprint density at radius 3 is 2.69 bits per heavy atom. The van der Waals surface area contributed by atoms with Gasteiger partial charge in [0.15, 0.2) is 0 Å². The molecule has 1 amide bonds. The minimum absolute atomic E-state index is 0.000715. The quantitative estimate of drug-likeness (QED) is 0.755. The summed E-state index contributed by atoms with van der Waals surface area (Å²) >= 11 is 6.03. The van der Waals surface area contributed by atoms with E-state index in [-0.39, 0.29) is 41.4 Å². The van der Waals surface area contributed by atoms with Crippen LogP contribution in [0.4, 0.5) is 0 Å². The lowest BCUT2D eigenvalue weighted by Crippen LogP contribution is -2.36. The van der Waals surface area contributed by atoms with Gasteiger partial charge in [-0.2, -0.15) is 0 Å². The van der Waals surface area contributed by atoms with Crippen molar-refractivity contribution in [1.82, 2.24) is 10.3 Å². The molecule has 6 heteroatoms. The van der Waals surface area contributed by atoms with Crippen LogP contribution >= 0.6 is 11.6 Å². The highest BCUT2D eigenvalue weighted by Crippen LogP contribution is 2.48. The van der Waals surface area contributed by atoms with Gasteiger partial charge in [0.1, 0.15) is 11.5 Å². The fourth-order valence-corrected chi connectivity index (χ4v) is 4.90. The number of aryl methyl sites for hydroxylation is 3. The van der Waals surface area contributed by atoms with Crippen LogP contribution in [0.3, 0.4) is 0 Å². The molecule has 2 heterocycles. The van der Waals surface area contributed by atoms with Gasteiger partial charge in [-0.1, -0.05) is 29.3 Å². The summed E-state index contributed by atoms with van der Waals surface area (Å²) in [6.45, 7) is 6.61. The molecular weight excluding hydrogens is 388 g/mol. The van der Waals surface area contributed by atoms with Crippen molar-refractivity contribution >= 4 is 23.3 Å². The van der Waals surface area contributed by atoms with Gasteiger partial charge in [-0.15, -0.1) is 0 Å². The maximum absolute atomic E-state index is 13.3. The normalized spacial score (nSPS) is 25.4. The summed E-state index contributed by atoms with van der Waals surface area (Å²) in [5.74, 6) is -0.422. The van der Waals surface area contributed by atoms with Crippen LogP contribution in [0.5, 0.6) is 0 Å². The molecule has 152 valence electrons. The Balaban J connectivity index is 1.44. The number of rotatable bonds is 5. The van der Waals surface area contributed by atoms with Crippen molar-refractivity contribution in [2.24, 2.45) is 5.92 Å². The number of halogens is 1. The zero-order valence-electron chi connectivity index (χ0n) is 16.9. The second-order valence-corrected chi connectivity index (χ2v) is 8.55. The number of fused-ring (bicyclic) bond motifs is 1. The number of Topliss-reactive ketones (excluding diaryl/α,β-unsaturated/α-hetero) is 1. The Morgan fingerprint density at radius 1 is 1.28 bits per heavy atom. The SMILES string of the molecule is Cc1cc(C)c(C2C(=O)C(CCNC(=O)c3ncccc3Cl)CC3OC32)c(C)c1. The number of benzene rings is 1. The zero-order chi connectivity index (χ0) is 20.7. The molecule has 4 rings (SSSR count). The van der Waals surface area contributed by atoms with E-state index in [1.807, 2.05) is 0 Å². The molecule has 29 heavy (non-hydrogen) atoms. The average Bonchev–Trinajstić information content (AvgIpc) is 3.42. The molecule has 1 aromatic heterocycles. The smallest absolute Gasteiger partial charge is 0.271 e. The molecular formula is C23H25ClN2O3. The van der Waals surface area contributed by atoms with Crippen LogP contribution in [0.15, 0.2) is 30.5 Å². The van der Waals surface area contributed by atoms with Crippen LogP contribution in [-0.2, 0) is 9.53 Å². The molecule has 4 unspecified atom stereocenters. The topological polar surface area (TPSA) is 71.6 Å². The summed E-state index contributed by atoms with van der Waals surface area (Å²) in [5.41, 5.74) is 4.82. The van der Waals surface area contributed by atoms with E-state index in [0.29, 0.717) is 18.0 Å². The van der Waals surface area contributed by atoms with Gasteiger partial charge in [0.05, 0.1) is 23.1 Å². The number of ketones is 1. The molecule has 0 spiro atoms. The van der Waals surface area contributed by atoms with Gasteiger partial charge in [0, 0.05) is 18.7 Å². The van der Waals surface area contributed by atoms with Gasteiger partial charge >= 0.3 is 0 Å². The summed E-state index contributed by atoms with van der Waals surface area (Å²) < 4.78 is 5.86. The number of carbonyl (C=O) groups is 2. The summed E-state index contributed by atoms with van der Waals surface area (Å²) in [4.78, 5) is 29.7. The Kier molecular flexibility index (Phi) is 5.45. The van der Waals surface area contributed by atoms with E-state index in [9.17, 15) is 9.59 Å². The third kappa shape index (κ3) is 3.94. The summed E-state index contributed by atoms with van der Waals surface area (Å²) in [7, 11) is 0. The van der Waals surface area contributed by atoms with Crippen molar-refractivity contribution in [1.29, 1.82) is 0 Å². The second kappa shape index (κ2) is 7.88. The van der Waals surface area contributed by atoms with E-state index >= 15 is 0 Å². The van der Waals surface area contributed by atoms with E-state index < -0.39 is 0 Å². The lowest BCUT2D eigenvalue weighted by Gasteiger charge is -2.27. The van der Waals surface area contributed by atoms with E-state index in [2.05, 4.69) is 43.2 Å². The molecule has 1 N–H and O–H groups in total. The van der Waals surface area contributed by atoms with Crippen molar-refractivity contribution in [3.8, 4) is 0 Å². The van der Waals surface area contributed by atoms with Gasteiger partial charge in [-0.05, 0) is 62.4 Å². The van der Waals surface area contributed by atoms with E-state index in [4.69, 9.17) is 16.3 Å². The van der Waals surface area contributed by atoms with Crippen molar-refractivity contribution in [3.63, 3.8) is 0 Å². The van der Waals surface area contributed by atoms with Gasteiger partial charge in [-0.25, -0.2) is 4.98 Å². The number of pyridine rings is 1. The number of hydrogen-bond donors (Lipinski definition) is 1. The van der Waals surface area contributed by atoms with Crippen LogP contribution in [0.2, 0.25) is 5.02 Å². The number of ether oxygens (including phenoxy) is 1. The molecule has 1 aromatic carbocycles. The molecule has 1 saturated carbocycles.